The Morgan fingerprint density at radius 1 is 1.33 bits per heavy atom. The minimum Gasteiger partial charge on any atom is -0.489 e. The summed E-state index contributed by atoms with van der Waals surface area (Å²) in [6.07, 6.45) is 4.55. The number of hydrogen-bond donors (Lipinski definition) is 2. The molecule has 0 spiro atoms. The first-order valence-electron chi connectivity index (χ1n) is 8.03. The van der Waals surface area contributed by atoms with Crippen LogP contribution in [0.2, 0.25) is 0 Å². The van der Waals surface area contributed by atoms with E-state index in [-0.39, 0.29) is 12.0 Å². The zero-order chi connectivity index (χ0) is 16.8. The van der Waals surface area contributed by atoms with E-state index in [4.69, 9.17) is 15.2 Å². The van der Waals surface area contributed by atoms with Crippen molar-refractivity contribution >= 4 is 11.6 Å². The van der Waals surface area contributed by atoms with Crippen LogP contribution in [0.15, 0.2) is 48.8 Å². The summed E-state index contributed by atoms with van der Waals surface area (Å²) < 4.78 is 11.3. The van der Waals surface area contributed by atoms with Gasteiger partial charge in [0.1, 0.15) is 18.5 Å². The van der Waals surface area contributed by atoms with Gasteiger partial charge in [-0.05, 0) is 31.0 Å². The topological polar surface area (TPSA) is 86.5 Å². The van der Waals surface area contributed by atoms with Crippen molar-refractivity contribution in [2.75, 3.05) is 11.9 Å². The van der Waals surface area contributed by atoms with Crippen LogP contribution >= 0.6 is 0 Å². The third-order valence-corrected chi connectivity index (χ3v) is 3.89. The van der Waals surface area contributed by atoms with Gasteiger partial charge in [0, 0.05) is 36.3 Å². The lowest BCUT2D eigenvalue weighted by molar-refractivity contribution is -0.126. The Morgan fingerprint density at radius 2 is 2.25 bits per heavy atom. The van der Waals surface area contributed by atoms with Crippen LogP contribution in [0, 0.1) is 0 Å². The molecule has 3 rings (SSSR count). The minimum absolute atomic E-state index is 0.0186. The number of pyridine rings is 1. The molecule has 0 saturated carbocycles. The Hall–Kier alpha value is -2.44. The number of carbonyl (C=O) groups is 1. The molecule has 0 unspecified atom stereocenters. The second kappa shape index (κ2) is 7.90. The number of aromatic nitrogens is 1. The van der Waals surface area contributed by atoms with Gasteiger partial charge in [-0.15, -0.1) is 0 Å². The quantitative estimate of drug-likeness (QED) is 0.848. The first kappa shape index (κ1) is 16.4. The number of benzene rings is 1. The second-order valence-corrected chi connectivity index (χ2v) is 5.73. The monoisotopic (exact) mass is 327 g/mol. The highest BCUT2D eigenvalue weighted by molar-refractivity contribution is 5.94. The molecule has 1 amide bonds. The van der Waals surface area contributed by atoms with Crippen molar-refractivity contribution < 1.29 is 14.3 Å². The van der Waals surface area contributed by atoms with Gasteiger partial charge in [-0.25, -0.2) is 0 Å². The van der Waals surface area contributed by atoms with E-state index in [1.807, 2.05) is 30.3 Å². The van der Waals surface area contributed by atoms with Crippen LogP contribution < -0.4 is 15.8 Å². The van der Waals surface area contributed by atoms with Crippen molar-refractivity contribution in [1.82, 2.24) is 4.98 Å². The molecule has 2 heterocycles. The molecule has 1 saturated heterocycles. The zero-order valence-electron chi connectivity index (χ0n) is 13.4. The number of amides is 1. The molecule has 126 valence electrons. The van der Waals surface area contributed by atoms with Crippen LogP contribution in [0.5, 0.6) is 5.75 Å². The predicted molar refractivity (Wildman–Crippen MR) is 90.6 cm³/mol. The molecular weight excluding hydrogens is 306 g/mol. The highest BCUT2D eigenvalue weighted by Crippen LogP contribution is 2.22. The van der Waals surface area contributed by atoms with Crippen LogP contribution in [-0.2, 0) is 16.1 Å². The molecule has 2 atom stereocenters. The Kier molecular flexibility index (Phi) is 5.40. The van der Waals surface area contributed by atoms with Crippen molar-refractivity contribution in [2.24, 2.45) is 5.73 Å². The lowest BCUT2D eigenvalue weighted by atomic mass is 10.2. The molecule has 1 aromatic carbocycles. The average Bonchev–Trinajstić information content (AvgIpc) is 3.11. The molecule has 6 heteroatoms. The molecule has 1 aliphatic rings. The fourth-order valence-corrected chi connectivity index (χ4v) is 2.61. The summed E-state index contributed by atoms with van der Waals surface area (Å²) in [6.45, 7) is 0.872. The first-order chi connectivity index (χ1) is 11.7. The molecule has 2 aromatic rings. The fraction of sp³-hybridized carbons (Fsp3) is 0.333. The van der Waals surface area contributed by atoms with E-state index in [1.165, 1.54) is 0 Å². The van der Waals surface area contributed by atoms with Gasteiger partial charge in [-0.1, -0.05) is 12.1 Å². The van der Waals surface area contributed by atoms with Crippen molar-refractivity contribution in [2.45, 2.75) is 31.7 Å². The van der Waals surface area contributed by atoms with Crippen molar-refractivity contribution in [3.63, 3.8) is 0 Å². The summed E-state index contributed by atoms with van der Waals surface area (Å²) >= 11 is 0. The summed E-state index contributed by atoms with van der Waals surface area (Å²) in [7, 11) is 0. The van der Waals surface area contributed by atoms with Gasteiger partial charge in [-0.2, -0.15) is 0 Å². The van der Waals surface area contributed by atoms with Crippen LogP contribution in [-0.4, -0.2) is 29.6 Å². The highest BCUT2D eigenvalue weighted by atomic mass is 16.5. The normalized spacial score (nSPS) is 19.9. The maximum atomic E-state index is 12.2. The first-order valence-corrected chi connectivity index (χ1v) is 8.03. The van der Waals surface area contributed by atoms with E-state index in [2.05, 4.69) is 10.3 Å². The third kappa shape index (κ3) is 4.31. The third-order valence-electron chi connectivity index (χ3n) is 3.89. The van der Waals surface area contributed by atoms with Crippen LogP contribution in [0.1, 0.15) is 18.4 Å². The highest BCUT2D eigenvalue weighted by Gasteiger charge is 2.29. The molecule has 0 aliphatic carbocycles. The summed E-state index contributed by atoms with van der Waals surface area (Å²) in [4.78, 5) is 16.3. The van der Waals surface area contributed by atoms with E-state index in [0.29, 0.717) is 31.0 Å². The largest absolute Gasteiger partial charge is 0.489 e. The van der Waals surface area contributed by atoms with Crippen molar-refractivity contribution in [3.8, 4) is 5.75 Å². The smallest absolute Gasteiger partial charge is 0.253 e. The van der Waals surface area contributed by atoms with Gasteiger partial charge in [-0.3, -0.25) is 9.78 Å². The zero-order valence-corrected chi connectivity index (χ0v) is 13.4. The van der Waals surface area contributed by atoms with E-state index in [9.17, 15) is 4.79 Å². The molecule has 1 fully saturated rings. The Bertz CT molecular complexity index is 678. The number of anilines is 1. The van der Waals surface area contributed by atoms with E-state index < -0.39 is 6.10 Å². The Balaban J connectivity index is 1.56. The summed E-state index contributed by atoms with van der Waals surface area (Å²) in [5, 5.41) is 2.87. The summed E-state index contributed by atoms with van der Waals surface area (Å²) in [5.41, 5.74) is 7.24. The van der Waals surface area contributed by atoms with Crippen LogP contribution in [0.4, 0.5) is 5.69 Å². The molecule has 24 heavy (non-hydrogen) atoms. The van der Waals surface area contributed by atoms with E-state index in [1.54, 1.807) is 18.5 Å². The van der Waals surface area contributed by atoms with Crippen LogP contribution in [0.25, 0.3) is 0 Å². The lowest BCUT2D eigenvalue weighted by Gasteiger charge is -2.13. The SMILES string of the molecule is NC[C@H]1CC[C@@H](C(=O)Nc2cccc(OCc3cccnc3)c2)O1. The van der Waals surface area contributed by atoms with Crippen molar-refractivity contribution in [1.29, 1.82) is 0 Å². The summed E-state index contributed by atoms with van der Waals surface area (Å²) in [6, 6.07) is 11.1. The van der Waals surface area contributed by atoms with Gasteiger partial charge in [0.2, 0.25) is 0 Å². The molecule has 0 bridgehead atoms. The van der Waals surface area contributed by atoms with E-state index >= 15 is 0 Å². The van der Waals surface area contributed by atoms with Crippen molar-refractivity contribution in [3.05, 3.63) is 54.4 Å². The fourth-order valence-electron chi connectivity index (χ4n) is 2.61. The number of carbonyl (C=O) groups excluding carboxylic acids is 1. The maximum Gasteiger partial charge on any atom is 0.253 e. The average molecular weight is 327 g/mol. The second-order valence-electron chi connectivity index (χ2n) is 5.73. The molecule has 6 nitrogen and oxygen atoms in total. The molecule has 0 radical (unpaired) electrons. The molecular formula is C18H21N3O3. The number of nitrogens with two attached hydrogens (primary N) is 1. The number of nitrogens with one attached hydrogen (secondary N) is 1. The van der Waals surface area contributed by atoms with Crippen LogP contribution in [0.3, 0.4) is 0 Å². The number of rotatable bonds is 6. The number of hydrogen-bond acceptors (Lipinski definition) is 5. The Labute approximate surface area is 141 Å². The van der Waals surface area contributed by atoms with Gasteiger partial charge in [0.15, 0.2) is 0 Å². The van der Waals surface area contributed by atoms with E-state index in [0.717, 1.165) is 12.0 Å². The summed E-state index contributed by atoms with van der Waals surface area (Å²) in [5.74, 6) is 0.541. The molecule has 1 aliphatic heterocycles. The van der Waals surface area contributed by atoms with Gasteiger partial charge in [0.25, 0.3) is 5.91 Å². The number of ether oxygens (including phenoxy) is 2. The minimum atomic E-state index is -0.432. The molecule has 3 N–H and O–H groups in total. The maximum absolute atomic E-state index is 12.2. The van der Waals surface area contributed by atoms with Gasteiger partial charge in [0.05, 0.1) is 6.10 Å². The van der Waals surface area contributed by atoms with Gasteiger partial charge < -0.3 is 20.5 Å². The molecule has 1 aromatic heterocycles. The Morgan fingerprint density at radius 3 is 3.00 bits per heavy atom. The predicted octanol–water partition coefficient (Wildman–Crippen LogP) is 2.11. The lowest BCUT2D eigenvalue weighted by Crippen LogP contribution is -2.29. The number of nitrogens with zero attached hydrogens (tertiary/aromatic N) is 1. The standard InChI is InChI=1S/C18H21N3O3/c19-10-16-6-7-17(24-16)18(22)21-14-4-1-5-15(9-14)23-12-13-3-2-8-20-11-13/h1-5,8-9,11,16-17H,6-7,10,12,19H2,(H,21,22)/t16-,17+/m1/s1. The van der Waals surface area contributed by atoms with Gasteiger partial charge >= 0.3 is 0 Å².